The molecule has 0 radical (unpaired) electrons. The summed E-state index contributed by atoms with van der Waals surface area (Å²) < 4.78 is 0. The fraction of sp³-hybridized carbons (Fsp3) is 0.808. The number of aromatic nitrogens is 1. The molecule has 0 spiro atoms. The van der Waals surface area contributed by atoms with Crippen molar-refractivity contribution in [1.82, 2.24) is 4.98 Å². The number of hydrogen-bond acceptors (Lipinski definition) is 2. The number of fused-ring (bicyclic) bond motifs is 1. The van der Waals surface area contributed by atoms with E-state index in [-0.39, 0.29) is 0 Å². The van der Waals surface area contributed by atoms with Crippen molar-refractivity contribution in [2.45, 2.75) is 124 Å². The molecule has 2 rings (SSSR count). The SMILES string of the molecule is CCCCCCCCCCCCCCCCc1nc2c(c(C)c1C)CCN2C. The highest BCUT2D eigenvalue weighted by atomic mass is 15.2. The molecule has 0 saturated carbocycles. The Morgan fingerprint density at radius 3 is 1.75 bits per heavy atom. The molecule has 160 valence electrons. The summed E-state index contributed by atoms with van der Waals surface area (Å²) in [5.74, 6) is 1.25. The van der Waals surface area contributed by atoms with Gasteiger partial charge >= 0.3 is 0 Å². The van der Waals surface area contributed by atoms with Crippen LogP contribution in [0, 0.1) is 13.8 Å². The van der Waals surface area contributed by atoms with Crippen LogP contribution < -0.4 is 4.90 Å². The first-order valence-corrected chi connectivity index (χ1v) is 12.3. The summed E-state index contributed by atoms with van der Waals surface area (Å²) >= 11 is 0. The number of rotatable bonds is 15. The average Bonchev–Trinajstić information content (AvgIpc) is 3.06. The van der Waals surface area contributed by atoms with E-state index >= 15 is 0 Å². The third-order valence-electron chi connectivity index (χ3n) is 6.78. The monoisotopic (exact) mass is 386 g/mol. The molecule has 0 saturated heterocycles. The first kappa shape index (κ1) is 23.2. The van der Waals surface area contributed by atoms with Crippen LogP contribution in [0.25, 0.3) is 0 Å². The van der Waals surface area contributed by atoms with Crippen LogP contribution in [0.3, 0.4) is 0 Å². The molecule has 2 nitrogen and oxygen atoms in total. The van der Waals surface area contributed by atoms with Crippen molar-refractivity contribution in [1.29, 1.82) is 0 Å². The minimum atomic E-state index is 1.13. The topological polar surface area (TPSA) is 16.1 Å². The molecular formula is C26H46N2. The van der Waals surface area contributed by atoms with Crippen LogP contribution in [0.5, 0.6) is 0 Å². The van der Waals surface area contributed by atoms with E-state index in [1.807, 2.05) is 0 Å². The second kappa shape index (κ2) is 13.2. The van der Waals surface area contributed by atoms with Crippen molar-refractivity contribution in [2.24, 2.45) is 0 Å². The second-order valence-electron chi connectivity index (χ2n) is 9.13. The number of nitrogens with zero attached hydrogens (tertiary/aromatic N) is 2. The Morgan fingerprint density at radius 1 is 0.714 bits per heavy atom. The van der Waals surface area contributed by atoms with Crippen molar-refractivity contribution in [3.63, 3.8) is 0 Å². The molecule has 1 aromatic rings. The van der Waals surface area contributed by atoms with E-state index in [1.54, 1.807) is 0 Å². The zero-order valence-electron chi connectivity index (χ0n) is 19.4. The van der Waals surface area contributed by atoms with Gasteiger partial charge in [0.2, 0.25) is 0 Å². The van der Waals surface area contributed by atoms with Crippen molar-refractivity contribution in [2.75, 3.05) is 18.5 Å². The van der Waals surface area contributed by atoms with Crippen LogP contribution in [0.15, 0.2) is 0 Å². The Labute approximate surface area is 175 Å². The van der Waals surface area contributed by atoms with E-state index in [0.717, 1.165) is 13.0 Å². The van der Waals surface area contributed by atoms with Gasteiger partial charge in [0.25, 0.3) is 0 Å². The molecule has 0 atom stereocenters. The number of anilines is 1. The molecule has 0 fully saturated rings. The Kier molecular flexibility index (Phi) is 11.0. The number of pyridine rings is 1. The van der Waals surface area contributed by atoms with Gasteiger partial charge in [-0.1, -0.05) is 90.4 Å². The highest BCUT2D eigenvalue weighted by Crippen LogP contribution is 2.31. The van der Waals surface area contributed by atoms with E-state index in [4.69, 9.17) is 4.98 Å². The number of hydrogen-bond donors (Lipinski definition) is 0. The first-order valence-electron chi connectivity index (χ1n) is 12.3. The van der Waals surface area contributed by atoms with E-state index in [0.29, 0.717) is 0 Å². The van der Waals surface area contributed by atoms with Crippen molar-refractivity contribution < 1.29 is 0 Å². The summed E-state index contributed by atoms with van der Waals surface area (Å²) in [6.45, 7) is 8.00. The van der Waals surface area contributed by atoms with Gasteiger partial charge in [-0.3, -0.25) is 0 Å². The number of unbranched alkanes of at least 4 members (excludes halogenated alkanes) is 13. The molecular weight excluding hydrogens is 340 g/mol. The molecule has 28 heavy (non-hydrogen) atoms. The summed E-state index contributed by atoms with van der Waals surface area (Å²) in [6.07, 6.45) is 22.3. The van der Waals surface area contributed by atoms with E-state index in [2.05, 4.69) is 32.7 Å². The molecule has 2 heterocycles. The first-order chi connectivity index (χ1) is 13.6. The van der Waals surface area contributed by atoms with Crippen LogP contribution in [0.2, 0.25) is 0 Å². The van der Waals surface area contributed by atoms with E-state index in [9.17, 15) is 0 Å². The fourth-order valence-corrected chi connectivity index (χ4v) is 4.62. The van der Waals surface area contributed by atoms with Gasteiger partial charge in [0.15, 0.2) is 0 Å². The molecule has 0 amide bonds. The van der Waals surface area contributed by atoms with Crippen LogP contribution in [-0.2, 0) is 12.8 Å². The van der Waals surface area contributed by atoms with E-state index in [1.165, 1.54) is 125 Å². The number of aryl methyl sites for hydroxylation is 1. The fourth-order valence-electron chi connectivity index (χ4n) is 4.62. The van der Waals surface area contributed by atoms with Crippen molar-refractivity contribution in [3.8, 4) is 0 Å². The third kappa shape index (κ3) is 7.41. The lowest BCUT2D eigenvalue weighted by atomic mass is 9.98. The quantitative estimate of drug-likeness (QED) is 0.287. The maximum absolute atomic E-state index is 5.02. The smallest absolute Gasteiger partial charge is 0.132 e. The molecule has 0 aliphatic carbocycles. The predicted octanol–water partition coefficient (Wildman–Crippen LogP) is 7.71. The normalized spacial score (nSPS) is 13.4. The largest absolute Gasteiger partial charge is 0.359 e. The van der Waals surface area contributed by atoms with Gasteiger partial charge in [-0.15, -0.1) is 0 Å². The van der Waals surface area contributed by atoms with Gasteiger partial charge < -0.3 is 4.90 Å². The van der Waals surface area contributed by atoms with Crippen molar-refractivity contribution >= 4 is 5.82 Å². The lowest BCUT2D eigenvalue weighted by Crippen LogP contribution is -2.14. The molecule has 0 aromatic carbocycles. The van der Waals surface area contributed by atoms with Crippen molar-refractivity contribution in [3.05, 3.63) is 22.4 Å². The average molecular weight is 387 g/mol. The standard InChI is InChI=1S/C26H46N2/c1-5-6-7-8-9-10-11-12-13-14-15-16-17-18-19-25-23(3)22(2)24-20-21-28(4)26(24)27-25/h5-21H2,1-4H3. The molecule has 2 heteroatoms. The maximum atomic E-state index is 5.02. The summed E-state index contributed by atoms with van der Waals surface area (Å²) in [5.41, 5.74) is 5.78. The molecule has 0 unspecified atom stereocenters. The highest BCUT2D eigenvalue weighted by Gasteiger charge is 2.22. The second-order valence-corrected chi connectivity index (χ2v) is 9.13. The van der Waals surface area contributed by atoms with Gasteiger partial charge in [0.1, 0.15) is 5.82 Å². The zero-order valence-corrected chi connectivity index (χ0v) is 19.4. The van der Waals surface area contributed by atoms with Gasteiger partial charge in [0, 0.05) is 19.3 Å². The van der Waals surface area contributed by atoms with Gasteiger partial charge in [-0.05, 0) is 49.8 Å². The number of likely N-dealkylation sites (N-methyl/N-ethyl adjacent to an activating group) is 1. The van der Waals surface area contributed by atoms with Gasteiger partial charge in [-0.25, -0.2) is 4.98 Å². The predicted molar refractivity (Wildman–Crippen MR) is 125 cm³/mol. The summed E-state index contributed by atoms with van der Waals surface area (Å²) in [4.78, 5) is 7.35. The Bertz CT molecular complexity index is 564. The van der Waals surface area contributed by atoms with Crippen LogP contribution in [-0.4, -0.2) is 18.6 Å². The lowest BCUT2D eigenvalue weighted by molar-refractivity contribution is 0.535. The molecule has 1 aliphatic heterocycles. The minimum Gasteiger partial charge on any atom is -0.359 e. The van der Waals surface area contributed by atoms with Gasteiger partial charge in [0.05, 0.1) is 0 Å². The Hall–Kier alpha value is -1.05. The summed E-state index contributed by atoms with van der Waals surface area (Å²) in [5, 5.41) is 0. The van der Waals surface area contributed by atoms with Gasteiger partial charge in [-0.2, -0.15) is 0 Å². The van der Waals surface area contributed by atoms with Crippen LogP contribution in [0.4, 0.5) is 5.82 Å². The maximum Gasteiger partial charge on any atom is 0.132 e. The van der Waals surface area contributed by atoms with Crippen LogP contribution >= 0.6 is 0 Å². The Morgan fingerprint density at radius 2 is 1.21 bits per heavy atom. The molecule has 1 aliphatic rings. The van der Waals surface area contributed by atoms with Crippen LogP contribution in [0.1, 0.15) is 119 Å². The summed E-state index contributed by atoms with van der Waals surface area (Å²) in [7, 11) is 2.18. The third-order valence-corrected chi connectivity index (χ3v) is 6.78. The molecule has 0 N–H and O–H groups in total. The lowest BCUT2D eigenvalue weighted by Gasteiger charge is -2.16. The highest BCUT2D eigenvalue weighted by molar-refractivity contribution is 5.57. The molecule has 1 aromatic heterocycles. The zero-order chi connectivity index (χ0) is 20.2. The van der Waals surface area contributed by atoms with E-state index < -0.39 is 0 Å². The molecule has 0 bridgehead atoms. The minimum absolute atomic E-state index is 1.13. The summed E-state index contributed by atoms with van der Waals surface area (Å²) in [6, 6.07) is 0. The Balaban J connectivity index is 1.49.